The largest absolute Gasteiger partial charge is 0.419 e. The maximum absolute atomic E-state index is 12.5. The Kier molecular flexibility index (Phi) is 4.16. The predicted octanol–water partition coefficient (Wildman–Crippen LogP) is 2.67. The van der Waals surface area contributed by atoms with E-state index in [4.69, 9.17) is 0 Å². The van der Waals surface area contributed by atoms with Gasteiger partial charge in [-0.05, 0) is 44.7 Å². The quantitative estimate of drug-likeness (QED) is 0.711. The Labute approximate surface area is 80.9 Å². The summed E-state index contributed by atoms with van der Waals surface area (Å²) in [7, 11) is 0. The molecule has 0 spiro atoms. The minimum atomic E-state index is -4.68. The number of hydrogen-bond acceptors (Lipinski definition) is 1. The Morgan fingerprint density at radius 2 is 2.07 bits per heavy atom. The molecular formula is C9H15F4N. The van der Waals surface area contributed by atoms with E-state index in [1.165, 1.54) is 0 Å². The zero-order valence-corrected chi connectivity index (χ0v) is 7.91. The maximum atomic E-state index is 12.5. The van der Waals surface area contributed by atoms with Gasteiger partial charge in [-0.25, -0.2) is 4.39 Å². The lowest BCUT2D eigenvalue weighted by molar-refractivity contribution is -0.182. The minimum Gasteiger partial charge on any atom is -0.316 e. The van der Waals surface area contributed by atoms with Crippen LogP contribution in [0, 0.1) is 5.92 Å². The molecule has 1 fully saturated rings. The molecule has 0 aromatic rings. The Morgan fingerprint density at radius 3 is 2.57 bits per heavy atom. The molecule has 1 heterocycles. The van der Waals surface area contributed by atoms with Crippen molar-refractivity contribution in [2.45, 2.75) is 38.0 Å². The molecule has 2 unspecified atom stereocenters. The van der Waals surface area contributed by atoms with Crippen LogP contribution in [0.1, 0.15) is 25.7 Å². The number of halogens is 4. The summed E-state index contributed by atoms with van der Waals surface area (Å²) in [6.45, 7) is 1.65. The molecule has 5 heteroatoms. The summed E-state index contributed by atoms with van der Waals surface area (Å²) in [4.78, 5) is 0. The van der Waals surface area contributed by atoms with Crippen LogP contribution < -0.4 is 5.32 Å². The van der Waals surface area contributed by atoms with Gasteiger partial charge in [0.05, 0.1) is 0 Å². The molecule has 0 aromatic heterocycles. The van der Waals surface area contributed by atoms with Gasteiger partial charge in [-0.15, -0.1) is 0 Å². The van der Waals surface area contributed by atoms with Crippen molar-refractivity contribution in [3.05, 3.63) is 0 Å². The van der Waals surface area contributed by atoms with Crippen molar-refractivity contribution in [2.75, 3.05) is 13.1 Å². The molecule has 0 saturated carbocycles. The van der Waals surface area contributed by atoms with Gasteiger partial charge in [0.15, 0.2) is 6.17 Å². The van der Waals surface area contributed by atoms with Crippen molar-refractivity contribution in [1.82, 2.24) is 5.32 Å². The first-order valence-corrected chi connectivity index (χ1v) is 4.91. The number of hydrogen-bond donors (Lipinski definition) is 1. The van der Waals surface area contributed by atoms with Gasteiger partial charge in [0, 0.05) is 0 Å². The second kappa shape index (κ2) is 4.96. The number of nitrogens with one attached hydrogen (secondary N) is 1. The molecular weight excluding hydrogens is 198 g/mol. The van der Waals surface area contributed by atoms with Crippen LogP contribution in [0.5, 0.6) is 0 Å². The van der Waals surface area contributed by atoms with E-state index in [0.717, 1.165) is 25.9 Å². The van der Waals surface area contributed by atoms with Crippen LogP contribution in [0.25, 0.3) is 0 Å². The van der Waals surface area contributed by atoms with E-state index in [-0.39, 0.29) is 5.92 Å². The SMILES string of the molecule is FC(CCC1CCCNC1)C(F)(F)F. The summed E-state index contributed by atoms with van der Waals surface area (Å²) in [6.07, 6.45) is -5.50. The normalized spacial score (nSPS) is 26.1. The van der Waals surface area contributed by atoms with Crippen LogP contribution in [-0.4, -0.2) is 25.4 Å². The zero-order valence-electron chi connectivity index (χ0n) is 7.91. The topological polar surface area (TPSA) is 12.0 Å². The molecule has 0 aromatic carbocycles. The summed E-state index contributed by atoms with van der Waals surface area (Å²) in [5, 5.41) is 3.09. The zero-order chi connectivity index (χ0) is 10.6. The molecule has 0 bridgehead atoms. The van der Waals surface area contributed by atoms with Crippen molar-refractivity contribution in [1.29, 1.82) is 0 Å². The molecule has 0 aliphatic carbocycles. The number of piperidine rings is 1. The van der Waals surface area contributed by atoms with Gasteiger partial charge in [0.25, 0.3) is 0 Å². The highest BCUT2D eigenvalue weighted by Gasteiger charge is 2.39. The highest BCUT2D eigenvalue weighted by atomic mass is 19.4. The molecule has 1 N–H and O–H groups in total. The summed E-state index contributed by atoms with van der Waals surface area (Å²) in [5.41, 5.74) is 0. The van der Waals surface area contributed by atoms with Crippen molar-refractivity contribution in [3.63, 3.8) is 0 Å². The van der Waals surface area contributed by atoms with E-state index in [1.807, 2.05) is 0 Å². The van der Waals surface area contributed by atoms with Crippen LogP contribution in [0.2, 0.25) is 0 Å². The molecule has 1 rings (SSSR count). The fourth-order valence-corrected chi connectivity index (χ4v) is 1.72. The Morgan fingerprint density at radius 1 is 1.36 bits per heavy atom. The third kappa shape index (κ3) is 3.82. The highest BCUT2D eigenvalue weighted by molar-refractivity contribution is 4.73. The Bertz CT molecular complexity index is 163. The van der Waals surface area contributed by atoms with E-state index in [9.17, 15) is 17.6 Å². The fraction of sp³-hybridized carbons (Fsp3) is 1.00. The van der Waals surface area contributed by atoms with E-state index >= 15 is 0 Å². The van der Waals surface area contributed by atoms with Crippen LogP contribution >= 0.6 is 0 Å². The van der Waals surface area contributed by atoms with Crippen LogP contribution in [0.4, 0.5) is 17.6 Å². The van der Waals surface area contributed by atoms with E-state index in [2.05, 4.69) is 5.32 Å². The summed E-state index contributed by atoms with van der Waals surface area (Å²) in [5.74, 6) is 0.212. The van der Waals surface area contributed by atoms with Gasteiger partial charge < -0.3 is 5.32 Å². The van der Waals surface area contributed by atoms with Gasteiger partial charge in [-0.1, -0.05) is 0 Å². The minimum absolute atomic E-state index is 0.212. The summed E-state index contributed by atoms with van der Waals surface area (Å²) in [6, 6.07) is 0. The second-order valence-electron chi connectivity index (χ2n) is 3.80. The third-order valence-electron chi connectivity index (χ3n) is 2.58. The molecule has 84 valence electrons. The van der Waals surface area contributed by atoms with Gasteiger partial charge >= 0.3 is 6.18 Å². The van der Waals surface area contributed by atoms with Crippen LogP contribution in [0.3, 0.4) is 0 Å². The number of alkyl halides is 4. The first-order chi connectivity index (χ1) is 6.50. The van der Waals surface area contributed by atoms with E-state index in [0.29, 0.717) is 6.42 Å². The lowest BCUT2D eigenvalue weighted by Gasteiger charge is -2.23. The second-order valence-corrected chi connectivity index (χ2v) is 3.80. The van der Waals surface area contributed by atoms with Crippen LogP contribution in [-0.2, 0) is 0 Å². The molecule has 1 aliphatic heterocycles. The first-order valence-electron chi connectivity index (χ1n) is 4.91. The molecule has 0 amide bonds. The molecule has 2 atom stereocenters. The molecule has 1 nitrogen and oxygen atoms in total. The molecule has 0 radical (unpaired) electrons. The Balaban J connectivity index is 2.19. The average molecular weight is 213 g/mol. The van der Waals surface area contributed by atoms with Gasteiger partial charge in [-0.2, -0.15) is 13.2 Å². The average Bonchev–Trinajstić information content (AvgIpc) is 2.14. The molecule has 14 heavy (non-hydrogen) atoms. The third-order valence-corrected chi connectivity index (χ3v) is 2.58. The van der Waals surface area contributed by atoms with E-state index < -0.39 is 18.8 Å². The molecule has 1 saturated heterocycles. The molecule has 1 aliphatic rings. The van der Waals surface area contributed by atoms with Crippen molar-refractivity contribution >= 4 is 0 Å². The highest BCUT2D eigenvalue weighted by Crippen LogP contribution is 2.28. The van der Waals surface area contributed by atoms with Gasteiger partial charge in [0.2, 0.25) is 0 Å². The summed E-state index contributed by atoms with van der Waals surface area (Å²) < 4.78 is 48.0. The monoisotopic (exact) mass is 213 g/mol. The van der Waals surface area contributed by atoms with Gasteiger partial charge in [-0.3, -0.25) is 0 Å². The maximum Gasteiger partial charge on any atom is 0.419 e. The lowest BCUT2D eigenvalue weighted by Crippen LogP contribution is -2.31. The Hall–Kier alpha value is -0.320. The number of rotatable bonds is 3. The lowest BCUT2D eigenvalue weighted by atomic mass is 9.93. The van der Waals surface area contributed by atoms with Crippen LogP contribution in [0.15, 0.2) is 0 Å². The van der Waals surface area contributed by atoms with E-state index in [1.54, 1.807) is 0 Å². The van der Waals surface area contributed by atoms with Crippen molar-refractivity contribution in [2.24, 2.45) is 5.92 Å². The van der Waals surface area contributed by atoms with Crippen molar-refractivity contribution in [3.8, 4) is 0 Å². The first kappa shape index (κ1) is 11.8. The predicted molar refractivity (Wildman–Crippen MR) is 45.8 cm³/mol. The van der Waals surface area contributed by atoms with Crippen molar-refractivity contribution < 1.29 is 17.6 Å². The van der Waals surface area contributed by atoms with Gasteiger partial charge in [0.1, 0.15) is 0 Å². The fourth-order valence-electron chi connectivity index (χ4n) is 1.72. The smallest absolute Gasteiger partial charge is 0.316 e. The summed E-state index contributed by atoms with van der Waals surface area (Å²) >= 11 is 0. The standard InChI is InChI=1S/C9H15F4N/c10-8(9(11,12)13)4-3-7-2-1-5-14-6-7/h7-8,14H,1-6H2.